The van der Waals surface area contributed by atoms with Gasteiger partial charge in [-0.2, -0.15) is 0 Å². The molecule has 0 rings (SSSR count). The van der Waals surface area contributed by atoms with E-state index in [-0.39, 0.29) is 11.9 Å². The highest BCUT2D eigenvalue weighted by Crippen LogP contribution is 2.03. The van der Waals surface area contributed by atoms with Gasteiger partial charge in [-0.3, -0.25) is 4.79 Å². The van der Waals surface area contributed by atoms with E-state index in [9.17, 15) is 4.79 Å². The van der Waals surface area contributed by atoms with Crippen molar-refractivity contribution in [2.24, 2.45) is 5.73 Å². The fraction of sp³-hybridized carbons (Fsp3) is 0.933. The van der Waals surface area contributed by atoms with Gasteiger partial charge in [0.1, 0.15) is 0 Å². The fourth-order valence-corrected chi connectivity index (χ4v) is 2.03. The smallest absolute Gasteiger partial charge is 0.222 e. The summed E-state index contributed by atoms with van der Waals surface area (Å²) in [6, 6.07) is 0.101. The molecular formula is C15H34N4O. The molecule has 0 fully saturated rings. The molecule has 0 aromatic rings. The van der Waals surface area contributed by atoms with Gasteiger partial charge in [-0.25, -0.2) is 0 Å². The third kappa shape index (κ3) is 11.2. The average molecular weight is 286 g/mol. The van der Waals surface area contributed by atoms with Crippen molar-refractivity contribution in [3.05, 3.63) is 0 Å². The molecular weight excluding hydrogens is 252 g/mol. The summed E-state index contributed by atoms with van der Waals surface area (Å²) >= 11 is 0. The van der Waals surface area contributed by atoms with E-state index in [0.717, 1.165) is 45.4 Å². The summed E-state index contributed by atoms with van der Waals surface area (Å²) < 4.78 is 0. The molecule has 0 saturated heterocycles. The highest BCUT2D eigenvalue weighted by atomic mass is 16.2. The lowest BCUT2D eigenvalue weighted by atomic mass is 10.1. The SMILES string of the molecule is CC(N)CCC(=O)N(CCCN(C)C)CCCN(C)C. The van der Waals surface area contributed by atoms with Gasteiger partial charge in [0.05, 0.1) is 0 Å². The zero-order valence-electron chi connectivity index (χ0n) is 14.1. The lowest BCUT2D eigenvalue weighted by Crippen LogP contribution is -2.36. The molecule has 5 nitrogen and oxygen atoms in total. The number of hydrogen-bond acceptors (Lipinski definition) is 4. The van der Waals surface area contributed by atoms with E-state index in [4.69, 9.17) is 5.73 Å². The lowest BCUT2D eigenvalue weighted by Gasteiger charge is -2.24. The van der Waals surface area contributed by atoms with E-state index in [1.165, 1.54) is 0 Å². The maximum Gasteiger partial charge on any atom is 0.222 e. The second kappa shape index (κ2) is 11.1. The summed E-state index contributed by atoms with van der Waals surface area (Å²) in [5, 5.41) is 0. The monoisotopic (exact) mass is 286 g/mol. The maximum atomic E-state index is 12.2. The maximum absolute atomic E-state index is 12.2. The molecule has 0 aliphatic carbocycles. The molecule has 1 atom stereocenters. The van der Waals surface area contributed by atoms with Crippen molar-refractivity contribution in [3.63, 3.8) is 0 Å². The molecule has 0 aliphatic heterocycles. The molecule has 0 aromatic heterocycles. The molecule has 20 heavy (non-hydrogen) atoms. The second-order valence-corrected chi connectivity index (χ2v) is 6.21. The van der Waals surface area contributed by atoms with Gasteiger partial charge in [-0.15, -0.1) is 0 Å². The summed E-state index contributed by atoms with van der Waals surface area (Å²) in [5.74, 6) is 0.250. The predicted molar refractivity (Wildman–Crippen MR) is 85.8 cm³/mol. The molecule has 5 heteroatoms. The average Bonchev–Trinajstić information content (AvgIpc) is 2.33. The highest BCUT2D eigenvalue weighted by Gasteiger charge is 2.13. The van der Waals surface area contributed by atoms with Gasteiger partial charge < -0.3 is 20.4 Å². The molecule has 0 aromatic carbocycles. The number of nitrogens with zero attached hydrogens (tertiary/aromatic N) is 3. The standard InChI is InChI=1S/C15H34N4O/c1-14(16)8-9-15(20)19(12-6-10-17(2)3)13-7-11-18(4)5/h14H,6-13,16H2,1-5H3. The minimum absolute atomic E-state index is 0.101. The molecule has 0 spiro atoms. The Hall–Kier alpha value is -0.650. The minimum Gasteiger partial charge on any atom is -0.343 e. The Morgan fingerprint density at radius 3 is 1.75 bits per heavy atom. The van der Waals surface area contributed by atoms with Crippen LogP contribution in [0.3, 0.4) is 0 Å². The first-order valence-electron chi connectivity index (χ1n) is 7.65. The Balaban J connectivity index is 4.18. The number of rotatable bonds is 11. The molecule has 1 amide bonds. The van der Waals surface area contributed by atoms with Crippen molar-refractivity contribution in [1.82, 2.24) is 14.7 Å². The number of amides is 1. The second-order valence-electron chi connectivity index (χ2n) is 6.21. The highest BCUT2D eigenvalue weighted by molar-refractivity contribution is 5.76. The Morgan fingerprint density at radius 1 is 0.950 bits per heavy atom. The lowest BCUT2D eigenvalue weighted by molar-refractivity contribution is -0.131. The number of hydrogen-bond donors (Lipinski definition) is 1. The third-order valence-electron chi connectivity index (χ3n) is 3.23. The van der Waals surface area contributed by atoms with Gasteiger partial charge in [-0.05, 0) is 67.5 Å². The first-order chi connectivity index (χ1) is 9.32. The van der Waals surface area contributed by atoms with Crippen molar-refractivity contribution >= 4 is 5.91 Å². The summed E-state index contributed by atoms with van der Waals surface area (Å²) in [4.78, 5) is 18.6. The molecule has 2 N–H and O–H groups in total. The predicted octanol–water partition coefficient (Wildman–Crippen LogP) is 0.846. The number of carbonyl (C=O) groups excluding carboxylic acids is 1. The van der Waals surface area contributed by atoms with Crippen LogP contribution in [0.5, 0.6) is 0 Å². The normalized spacial score (nSPS) is 13.0. The van der Waals surface area contributed by atoms with Gasteiger partial charge in [0.2, 0.25) is 5.91 Å². The zero-order chi connectivity index (χ0) is 15.5. The molecule has 120 valence electrons. The van der Waals surface area contributed by atoms with E-state index in [2.05, 4.69) is 38.0 Å². The van der Waals surface area contributed by atoms with Crippen molar-refractivity contribution in [3.8, 4) is 0 Å². The van der Waals surface area contributed by atoms with Crippen molar-refractivity contribution in [2.75, 3.05) is 54.4 Å². The van der Waals surface area contributed by atoms with Crippen LogP contribution in [0.4, 0.5) is 0 Å². The van der Waals surface area contributed by atoms with Gasteiger partial charge in [0, 0.05) is 25.6 Å². The van der Waals surface area contributed by atoms with Gasteiger partial charge in [0.15, 0.2) is 0 Å². The van der Waals surface area contributed by atoms with E-state index in [0.29, 0.717) is 6.42 Å². The summed E-state index contributed by atoms with van der Waals surface area (Å²) in [6.07, 6.45) is 3.40. The Morgan fingerprint density at radius 2 is 1.40 bits per heavy atom. The van der Waals surface area contributed by atoms with E-state index in [1.807, 2.05) is 11.8 Å². The molecule has 0 radical (unpaired) electrons. The van der Waals surface area contributed by atoms with E-state index < -0.39 is 0 Å². The Kier molecular flexibility index (Phi) is 10.7. The molecule has 0 bridgehead atoms. The summed E-state index contributed by atoms with van der Waals surface area (Å²) in [6.45, 7) is 5.69. The van der Waals surface area contributed by atoms with Crippen LogP contribution in [0.1, 0.15) is 32.6 Å². The van der Waals surface area contributed by atoms with E-state index >= 15 is 0 Å². The van der Waals surface area contributed by atoms with Crippen LogP contribution in [0.15, 0.2) is 0 Å². The van der Waals surface area contributed by atoms with Crippen LogP contribution in [0.25, 0.3) is 0 Å². The van der Waals surface area contributed by atoms with Crippen molar-refractivity contribution < 1.29 is 4.79 Å². The van der Waals surface area contributed by atoms with Crippen molar-refractivity contribution in [2.45, 2.75) is 38.6 Å². The first kappa shape index (κ1) is 19.4. The minimum atomic E-state index is 0.101. The fourth-order valence-electron chi connectivity index (χ4n) is 2.03. The van der Waals surface area contributed by atoms with Crippen LogP contribution < -0.4 is 5.73 Å². The topological polar surface area (TPSA) is 52.8 Å². The third-order valence-corrected chi connectivity index (χ3v) is 3.23. The largest absolute Gasteiger partial charge is 0.343 e. The van der Waals surface area contributed by atoms with Crippen LogP contribution >= 0.6 is 0 Å². The number of carbonyl (C=O) groups is 1. The van der Waals surface area contributed by atoms with Crippen LogP contribution in [0.2, 0.25) is 0 Å². The molecule has 0 saturated carbocycles. The van der Waals surface area contributed by atoms with Crippen LogP contribution in [-0.4, -0.2) is 81.0 Å². The molecule has 0 heterocycles. The van der Waals surface area contributed by atoms with Gasteiger partial charge in [0.25, 0.3) is 0 Å². The van der Waals surface area contributed by atoms with Crippen LogP contribution in [0, 0.1) is 0 Å². The van der Waals surface area contributed by atoms with Gasteiger partial charge >= 0.3 is 0 Å². The van der Waals surface area contributed by atoms with Gasteiger partial charge in [-0.1, -0.05) is 0 Å². The zero-order valence-corrected chi connectivity index (χ0v) is 14.1. The Bertz CT molecular complexity index is 240. The molecule has 0 aliphatic rings. The molecule has 1 unspecified atom stereocenters. The summed E-state index contributed by atoms with van der Waals surface area (Å²) in [7, 11) is 8.26. The quantitative estimate of drug-likeness (QED) is 0.612. The van der Waals surface area contributed by atoms with Crippen LogP contribution in [-0.2, 0) is 4.79 Å². The Labute approximate surface area is 125 Å². The van der Waals surface area contributed by atoms with E-state index in [1.54, 1.807) is 0 Å². The van der Waals surface area contributed by atoms with Crippen molar-refractivity contribution in [1.29, 1.82) is 0 Å². The number of nitrogens with two attached hydrogens (primary N) is 1. The summed E-state index contributed by atoms with van der Waals surface area (Å²) in [5.41, 5.74) is 5.74. The first-order valence-corrected chi connectivity index (χ1v) is 7.65.